The average molecular weight is 527 g/mol. The van der Waals surface area contributed by atoms with Crippen LogP contribution in [0.4, 0.5) is 34.8 Å². The van der Waals surface area contributed by atoms with E-state index in [1.54, 1.807) is 30.7 Å². The minimum absolute atomic E-state index is 0. The van der Waals surface area contributed by atoms with E-state index in [2.05, 4.69) is 40.2 Å². The molecule has 12 heteroatoms. The number of benzene rings is 1. The van der Waals surface area contributed by atoms with Gasteiger partial charge in [-0.1, -0.05) is 6.07 Å². The molecular formula is C25H34N8O3S. The largest absolute Gasteiger partial charge is 0.378 e. The number of nitrogens with one attached hydrogen (secondary N) is 3. The molecule has 1 aliphatic heterocycles. The minimum atomic E-state index is -2.38. The number of carbonyl (C=O) groups excluding carboxylic acids is 1. The number of morpholine rings is 1. The fourth-order valence-corrected chi connectivity index (χ4v) is 4.19. The van der Waals surface area contributed by atoms with Gasteiger partial charge in [-0.25, -0.2) is 14.2 Å². The first-order valence-corrected chi connectivity index (χ1v) is 14.3. The zero-order valence-electron chi connectivity index (χ0n) is 21.4. The average Bonchev–Trinajstić information content (AvgIpc) is 2.84. The summed E-state index contributed by atoms with van der Waals surface area (Å²) < 4.78 is 21.7. The van der Waals surface area contributed by atoms with Crippen molar-refractivity contribution >= 4 is 50.4 Å². The van der Waals surface area contributed by atoms with Gasteiger partial charge in [0.25, 0.3) is 5.91 Å². The van der Waals surface area contributed by atoms with E-state index in [-0.39, 0.29) is 24.8 Å². The Morgan fingerprint density at radius 3 is 2.49 bits per heavy atom. The van der Waals surface area contributed by atoms with E-state index in [4.69, 9.17) is 4.74 Å². The van der Waals surface area contributed by atoms with Crippen molar-refractivity contribution in [2.45, 2.75) is 19.9 Å². The quantitative estimate of drug-likeness (QED) is 0.399. The van der Waals surface area contributed by atoms with Crippen molar-refractivity contribution in [2.75, 3.05) is 54.3 Å². The highest BCUT2D eigenvalue weighted by molar-refractivity contribution is 7.92. The van der Waals surface area contributed by atoms with Crippen LogP contribution in [0.2, 0.25) is 0 Å². The monoisotopic (exact) mass is 526 g/mol. The molecule has 0 radical (unpaired) electrons. The van der Waals surface area contributed by atoms with Crippen molar-refractivity contribution in [1.29, 1.82) is 0 Å². The summed E-state index contributed by atoms with van der Waals surface area (Å²) in [5, 5.41) is 9.16. The Bertz CT molecular complexity index is 1360. The predicted octanol–water partition coefficient (Wildman–Crippen LogP) is 3.94. The fraction of sp³-hybridized carbons (Fsp3) is 0.360. The summed E-state index contributed by atoms with van der Waals surface area (Å²) in [5.41, 5.74) is 2.19. The molecule has 1 aliphatic rings. The van der Waals surface area contributed by atoms with Gasteiger partial charge in [-0.15, -0.1) is 0 Å². The molecule has 2 aromatic heterocycles. The van der Waals surface area contributed by atoms with E-state index in [0.29, 0.717) is 17.6 Å². The molecule has 0 spiro atoms. The van der Waals surface area contributed by atoms with Crippen LogP contribution in [0.3, 0.4) is 0 Å². The molecule has 1 saturated heterocycles. The summed E-state index contributed by atoms with van der Waals surface area (Å²) in [6.07, 6.45) is 4.55. The van der Waals surface area contributed by atoms with E-state index in [1.807, 2.05) is 38.1 Å². The molecule has 1 fully saturated rings. The zero-order valence-corrected chi connectivity index (χ0v) is 22.2. The van der Waals surface area contributed by atoms with Gasteiger partial charge in [0, 0.05) is 60.4 Å². The van der Waals surface area contributed by atoms with Crippen LogP contribution in [0.25, 0.3) is 0 Å². The molecular weight excluding hydrogens is 492 g/mol. The molecule has 37 heavy (non-hydrogen) atoms. The molecule has 0 unspecified atom stereocenters. The molecule has 11 nitrogen and oxygen atoms in total. The van der Waals surface area contributed by atoms with Crippen LogP contribution in [-0.2, 0) is 14.5 Å². The molecule has 0 aliphatic carbocycles. The lowest BCUT2D eigenvalue weighted by molar-refractivity contribution is 0.0943. The second-order valence-corrected chi connectivity index (χ2v) is 11.7. The van der Waals surface area contributed by atoms with Crippen LogP contribution in [0.15, 0.2) is 53.0 Å². The summed E-state index contributed by atoms with van der Waals surface area (Å²) >= 11 is 0. The second kappa shape index (κ2) is 11.5. The van der Waals surface area contributed by atoms with Crippen molar-refractivity contribution in [2.24, 2.45) is 4.36 Å². The summed E-state index contributed by atoms with van der Waals surface area (Å²) in [7, 11) is -2.38. The normalized spacial score (nSPS) is 13.8. The molecule has 4 rings (SSSR count). The van der Waals surface area contributed by atoms with Crippen LogP contribution in [0.1, 0.15) is 25.6 Å². The molecule has 3 heterocycles. The molecule has 0 atom stereocenters. The van der Waals surface area contributed by atoms with Crippen molar-refractivity contribution < 1.29 is 15.2 Å². The summed E-state index contributed by atoms with van der Waals surface area (Å²) in [5.74, 6) is 1.00. The number of amides is 1. The van der Waals surface area contributed by atoms with E-state index in [0.717, 1.165) is 37.7 Å². The molecule has 3 aromatic rings. The highest BCUT2D eigenvalue weighted by Crippen LogP contribution is 2.24. The maximum atomic E-state index is 12.8. The number of aromatic nitrogens is 3. The maximum Gasteiger partial charge on any atom is 0.256 e. The Morgan fingerprint density at radius 1 is 1.08 bits per heavy atom. The van der Waals surface area contributed by atoms with E-state index >= 15 is 0 Å². The number of carbonyl (C=O) groups is 1. The molecule has 0 saturated carbocycles. The maximum absolute atomic E-state index is 12.8. The summed E-state index contributed by atoms with van der Waals surface area (Å²) in [6, 6.07) is 13.0. The number of rotatable bonds is 8. The first kappa shape index (κ1) is 26.3. The summed E-state index contributed by atoms with van der Waals surface area (Å²) in [4.78, 5) is 28.4. The first-order valence-electron chi connectivity index (χ1n) is 12.0. The van der Waals surface area contributed by atoms with Crippen LogP contribution >= 0.6 is 0 Å². The predicted molar refractivity (Wildman–Crippen MR) is 149 cm³/mol. The topological polar surface area (TPSA) is 134 Å². The number of hydrogen-bond acceptors (Lipinski definition) is 10. The first-order chi connectivity index (χ1) is 17.7. The van der Waals surface area contributed by atoms with Gasteiger partial charge in [-0.2, -0.15) is 9.35 Å². The zero-order chi connectivity index (χ0) is 26.4. The van der Waals surface area contributed by atoms with Crippen molar-refractivity contribution in [3.63, 3.8) is 0 Å². The van der Waals surface area contributed by atoms with Crippen molar-refractivity contribution in [1.82, 2.24) is 20.3 Å². The lowest BCUT2D eigenvalue weighted by Crippen LogP contribution is -2.36. The number of pyridine rings is 1. The molecule has 3 N–H and O–H groups in total. The smallest absolute Gasteiger partial charge is 0.256 e. The van der Waals surface area contributed by atoms with Crippen LogP contribution < -0.4 is 20.9 Å². The Labute approximate surface area is 218 Å². The van der Waals surface area contributed by atoms with Gasteiger partial charge in [0.1, 0.15) is 17.2 Å². The lowest BCUT2D eigenvalue weighted by Gasteiger charge is -2.28. The van der Waals surface area contributed by atoms with E-state index in [1.165, 1.54) is 6.20 Å². The highest BCUT2D eigenvalue weighted by Gasteiger charge is 2.17. The fourth-order valence-electron chi connectivity index (χ4n) is 3.64. The number of ether oxygens (including phenoxy) is 1. The van der Waals surface area contributed by atoms with Gasteiger partial charge in [0.2, 0.25) is 5.95 Å². The van der Waals surface area contributed by atoms with Gasteiger partial charge in [-0.3, -0.25) is 4.79 Å². The number of hydrogen-bond donors (Lipinski definition) is 3. The van der Waals surface area contributed by atoms with Gasteiger partial charge in [0.05, 0.1) is 13.2 Å². The third-order valence-corrected chi connectivity index (χ3v) is 5.87. The molecule has 1 aromatic carbocycles. The van der Waals surface area contributed by atoms with Crippen LogP contribution in [0, 0.1) is 0 Å². The van der Waals surface area contributed by atoms with E-state index < -0.39 is 9.73 Å². The second-order valence-electron chi connectivity index (χ2n) is 9.13. The van der Waals surface area contributed by atoms with Crippen LogP contribution in [0.5, 0.6) is 0 Å². The molecule has 0 bridgehead atoms. The van der Waals surface area contributed by atoms with Gasteiger partial charge in [-0.05, 0) is 50.2 Å². The number of nitrogens with zero attached hydrogens (tertiary/aromatic N) is 5. The Balaban J connectivity index is 0.00000400. The molecule has 1 amide bonds. The summed E-state index contributed by atoms with van der Waals surface area (Å²) in [6.45, 7) is 6.93. The minimum Gasteiger partial charge on any atom is -0.378 e. The molecule has 198 valence electrons. The standard InChI is InChI=1S/C25H32N8O3S.H2/c1-17(2)27-24(34)20-16-26-25(28-18-8-10-19(11-9-18)33-12-14-36-15-13-33)31-23(20)30-21-6-5-7-22(29-21)32-37(3,4)35;/h5-11,16-17H,12-15H2,1-4H3,(H,27,34)(H2,26,28,29,30,31);1H. The van der Waals surface area contributed by atoms with Crippen LogP contribution in [-0.4, -0.2) is 69.9 Å². The Kier molecular flexibility index (Phi) is 8.19. The lowest BCUT2D eigenvalue weighted by atomic mass is 10.2. The highest BCUT2D eigenvalue weighted by atomic mass is 32.2. The van der Waals surface area contributed by atoms with Gasteiger partial charge in [0.15, 0.2) is 5.82 Å². The third-order valence-electron chi connectivity index (χ3n) is 5.25. The van der Waals surface area contributed by atoms with Gasteiger partial charge >= 0.3 is 0 Å². The van der Waals surface area contributed by atoms with E-state index in [9.17, 15) is 9.00 Å². The number of anilines is 5. The van der Waals surface area contributed by atoms with Crippen molar-refractivity contribution in [3.8, 4) is 0 Å². The van der Waals surface area contributed by atoms with Gasteiger partial charge < -0.3 is 25.6 Å². The SMILES string of the molecule is CC(C)NC(=O)c1cnc(Nc2ccc(N3CCOCC3)cc2)nc1Nc1cccc(N=S(C)(C)=O)n1.[HH]. The Hall–Kier alpha value is -3.77. The third kappa shape index (κ3) is 7.61. The van der Waals surface area contributed by atoms with Crippen molar-refractivity contribution in [3.05, 3.63) is 54.2 Å². The Morgan fingerprint density at radius 2 is 1.81 bits per heavy atom.